The Morgan fingerprint density at radius 1 is 1.00 bits per heavy atom. The summed E-state index contributed by atoms with van der Waals surface area (Å²) in [4.78, 5) is 5.95. The Kier molecular flexibility index (Phi) is 3.31. The van der Waals surface area contributed by atoms with Gasteiger partial charge in [0, 0.05) is 27.5 Å². The van der Waals surface area contributed by atoms with E-state index < -0.39 is 0 Å². The Hall–Kier alpha value is -2.39. The normalized spacial score (nSPS) is 11.3. The van der Waals surface area contributed by atoms with Gasteiger partial charge in [-0.15, -0.1) is 11.3 Å². The van der Waals surface area contributed by atoms with E-state index in [1.807, 2.05) is 23.6 Å². The van der Waals surface area contributed by atoms with Crippen molar-refractivity contribution in [1.29, 1.82) is 0 Å². The number of fused-ring (bicyclic) bond motifs is 1. The van der Waals surface area contributed by atoms with Gasteiger partial charge in [-0.05, 0) is 49.4 Å². The zero-order chi connectivity index (χ0) is 16.0. The summed E-state index contributed by atoms with van der Waals surface area (Å²) in [5, 5.41) is 1.34. The second-order valence-corrected chi connectivity index (χ2v) is 7.19. The Balaban J connectivity index is 1.99. The van der Waals surface area contributed by atoms with Gasteiger partial charge in [0.2, 0.25) is 0 Å². The van der Waals surface area contributed by atoms with Crippen molar-refractivity contribution in [1.82, 2.24) is 9.55 Å². The van der Waals surface area contributed by atoms with E-state index in [-0.39, 0.29) is 0 Å². The fraction of sp³-hybridized carbons (Fsp3) is 0.150. The van der Waals surface area contributed by atoms with Crippen molar-refractivity contribution in [3.63, 3.8) is 0 Å². The van der Waals surface area contributed by atoms with Gasteiger partial charge in [-0.25, -0.2) is 4.98 Å². The van der Waals surface area contributed by atoms with Crippen LogP contribution in [0.3, 0.4) is 0 Å². The first-order valence-corrected chi connectivity index (χ1v) is 8.56. The lowest BCUT2D eigenvalue weighted by Crippen LogP contribution is -2.01. The number of imidazole rings is 1. The fourth-order valence-electron chi connectivity index (χ4n) is 3.29. The molecule has 2 aromatic heterocycles. The van der Waals surface area contributed by atoms with E-state index in [9.17, 15) is 0 Å². The number of benzene rings is 2. The minimum Gasteiger partial charge on any atom is -0.299 e. The van der Waals surface area contributed by atoms with Gasteiger partial charge in [-0.2, -0.15) is 0 Å². The predicted octanol–water partition coefficient (Wildman–Crippen LogP) is 5.68. The van der Waals surface area contributed by atoms with Gasteiger partial charge < -0.3 is 0 Å². The maximum absolute atomic E-state index is 4.60. The predicted molar refractivity (Wildman–Crippen MR) is 98.6 cm³/mol. The third-order valence-corrected chi connectivity index (χ3v) is 5.42. The average Bonchev–Trinajstić information content (AvgIpc) is 3.15. The molecule has 114 valence electrons. The maximum Gasteiger partial charge on any atom is 0.144 e. The third-order valence-electron chi connectivity index (χ3n) is 4.24. The second kappa shape index (κ2) is 5.36. The van der Waals surface area contributed by atoms with Crippen molar-refractivity contribution in [2.75, 3.05) is 0 Å². The van der Waals surface area contributed by atoms with Crippen LogP contribution in [0.2, 0.25) is 0 Å². The Morgan fingerprint density at radius 3 is 2.57 bits per heavy atom. The number of nitrogens with zero attached hydrogens (tertiary/aromatic N) is 2. The van der Waals surface area contributed by atoms with Crippen LogP contribution >= 0.6 is 11.3 Å². The van der Waals surface area contributed by atoms with Gasteiger partial charge in [0.1, 0.15) is 5.82 Å². The molecule has 0 aliphatic rings. The van der Waals surface area contributed by atoms with Crippen LogP contribution in [-0.2, 0) is 0 Å². The molecule has 2 aromatic carbocycles. The largest absolute Gasteiger partial charge is 0.299 e. The first-order chi connectivity index (χ1) is 11.1. The average molecular weight is 318 g/mol. The van der Waals surface area contributed by atoms with Gasteiger partial charge in [-0.1, -0.05) is 30.3 Å². The van der Waals surface area contributed by atoms with Gasteiger partial charge in [0.15, 0.2) is 0 Å². The maximum atomic E-state index is 4.60. The van der Waals surface area contributed by atoms with Crippen LogP contribution in [0.1, 0.15) is 16.0 Å². The lowest BCUT2D eigenvalue weighted by atomic mass is 10.1. The van der Waals surface area contributed by atoms with Crippen molar-refractivity contribution >= 4 is 21.4 Å². The standard InChI is InChI=1S/C20H18N2S/c1-13-11-17-12-14(2)23-19(17)15(3)18(13)22-10-9-21-20(22)16-7-5-4-6-8-16/h4-12H,1-3H3. The topological polar surface area (TPSA) is 17.8 Å². The molecule has 0 aliphatic heterocycles. The summed E-state index contributed by atoms with van der Waals surface area (Å²) in [7, 11) is 0. The number of aromatic nitrogens is 2. The van der Waals surface area contributed by atoms with Crippen molar-refractivity contribution in [3.05, 3.63) is 70.9 Å². The van der Waals surface area contributed by atoms with Crippen molar-refractivity contribution in [2.24, 2.45) is 0 Å². The summed E-state index contributed by atoms with van der Waals surface area (Å²) < 4.78 is 3.59. The minimum atomic E-state index is 0.990. The number of hydrogen-bond donors (Lipinski definition) is 0. The first-order valence-electron chi connectivity index (χ1n) is 7.74. The highest BCUT2D eigenvalue weighted by atomic mass is 32.1. The smallest absolute Gasteiger partial charge is 0.144 e. The fourth-order valence-corrected chi connectivity index (χ4v) is 4.29. The molecule has 3 heteroatoms. The number of rotatable bonds is 2. The highest BCUT2D eigenvalue weighted by Crippen LogP contribution is 2.35. The molecule has 0 N–H and O–H groups in total. The van der Waals surface area contributed by atoms with E-state index in [0.29, 0.717) is 0 Å². The lowest BCUT2D eigenvalue weighted by molar-refractivity contribution is 1.04. The van der Waals surface area contributed by atoms with E-state index in [1.165, 1.54) is 31.8 Å². The molecule has 0 aliphatic carbocycles. The summed E-state index contributed by atoms with van der Waals surface area (Å²) >= 11 is 1.87. The van der Waals surface area contributed by atoms with Crippen LogP contribution in [0.4, 0.5) is 0 Å². The van der Waals surface area contributed by atoms with E-state index >= 15 is 0 Å². The monoisotopic (exact) mass is 318 g/mol. The summed E-state index contributed by atoms with van der Waals surface area (Å²) in [6.45, 7) is 6.57. The Labute approximate surface area is 140 Å². The minimum absolute atomic E-state index is 0.990. The van der Waals surface area contributed by atoms with Crippen LogP contribution in [-0.4, -0.2) is 9.55 Å². The molecule has 4 rings (SSSR count). The van der Waals surface area contributed by atoms with Crippen LogP contribution in [0, 0.1) is 20.8 Å². The molecular weight excluding hydrogens is 300 g/mol. The van der Waals surface area contributed by atoms with E-state index in [2.05, 4.69) is 72.9 Å². The molecular formula is C20H18N2S. The van der Waals surface area contributed by atoms with Gasteiger partial charge in [0.05, 0.1) is 5.69 Å². The third kappa shape index (κ3) is 2.28. The molecule has 23 heavy (non-hydrogen) atoms. The van der Waals surface area contributed by atoms with Crippen molar-refractivity contribution < 1.29 is 0 Å². The molecule has 0 atom stereocenters. The van der Waals surface area contributed by atoms with E-state index in [4.69, 9.17) is 0 Å². The molecule has 0 saturated carbocycles. The molecule has 0 bridgehead atoms. The summed E-state index contributed by atoms with van der Waals surface area (Å²) in [5.41, 5.74) is 4.99. The van der Waals surface area contributed by atoms with Gasteiger partial charge >= 0.3 is 0 Å². The molecule has 0 spiro atoms. The summed E-state index contributed by atoms with van der Waals surface area (Å²) in [6, 6.07) is 14.9. The number of hydrogen-bond acceptors (Lipinski definition) is 2. The number of thiophene rings is 1. The summed E-state index contributed by atoms with van der Waals surface area (Å²) in [6.07, 6.45) is 3.94. The molecule has 0 fully saturated rings. The van der Waals surface area contributed by atoms with Crippen LogP contribution in [0.15, 0.2) is 54.9 Å². The Bertz CT molecular complexity index is 993. The first kappa shape index (κ1) is 14.2. The molecule has 0 amide bonds. The zero-order valence-electron chi connectivity index (χ0n) is 13.5. The van der Waals surface area contributed by atoms with Crippen molar-refractivity contribution in [3.8, 4) is 17.1 Å². The molecule has 2 heterocycles. The zero-order valence-corrected chi connectivity index (χ0v) is 14.3. The number of aryl methyl sites for hydroxylation is 3. The SMILES string of the molecule is Cc1cc2cc(C)c(-n3ccnc3-c3ccccc3)c(C)c2s1. The molecule has 0 radical (unpaired) electrons. The molecule has 2 nitrogen and oxygen atoms in total. The molecule has 4 aromatic rings. The second-order valence-electron chi connectivity index (χ2n) is 5.93. The van der Waals surface area contributed by atoms with E-state index in [1.54, 1.807) is 0 Å². The van der Waals surface area contributed by atoms with Crippen LogP contribution < -0.4 is 0 Å². The highest BCUT2D eigenvalue weighted by molar-refractivity contribution is 7.19. The van der Waals surface area contributed by atoms with Crippen molar-refractivity contribution in [2.45, 2.75) is 20.8 Å². The van der Waals surface area contributed by atoms with E-state index in [0.717, 1.165) is 11.4 Å². The molecule has 0 unspecified atom stereocenters. The lowest BCUT2D eigenvalue weighted by Gasteiger charge is -2.15. The summed E-state index contributed by atoms with van der Waals surface area (Å²) in [5.74, 6) is 0.990. The molecule has 0 saturated heterocycles. The van der Waals surface area contributed by atoms with Gasteiger partial charge in [0.25, 0.3) is 0 Å². The quantitative estimate of drug-likeness (QED) is 0.465. The highest BCUT2D eigenvalue weighted by Gasteiger charge is 2.15. The van der Waals surface area contributed by atoms with Crippen LogP contribution in [0.5, 0.6) is 0 Å². The Morgan fingerprint density at radius 2 is 1.78 bits per heavy atom. The van der Waals surface area contributed by atoms with Gasteiger partial charge in [-0.3, -0.25) is 4.57 Å². The van der Waals surface area contributed by atoms with Crippen LogP contribution in [0.25, 0.3) is 27.2 Å².